The van der Waals surface area contributed by atoms with Gasteiger partial charge < -0.3 is 14.5 Å². The molecule has 0 bridgehead atoms. The average Bonchev–Trinajstić information content (AvgIpc) is 3.07. The highest BCUT2D eigenvalue weighted by Crippen LogP contribution is 2.24. The van der Waals surface area contributed by atoms with E-state index >= 15 is 0 Å². The molecular formula is C20H25FN2O4. The first kappa shape index (κ1) is 19.3. The van der Waals surface area contributed by atoms with Gasteiger partial charge in [0.1, 0.15) is 5.82 Å². The lowest BCUT2D eigenvalue weighted by atomic mass is 9.95. The van der Waals surface area contributed by atoms with Crippen LogP contribution in [0.1, 0.15) is 24.8 Å². The molecule has 2 saturated heterocycles. The first-order valence-corrected chi connectivity index (χ1v) is 9.36. The summed E-state index contributed by atoms with van der Waals surface area (Å²) in [5.74, 6) is -0.976. The number of rotatable bonds is 5. The van der Waals surface area contributed by atoms with Crippen LogP contribution in [-0.2, 0) is 25.5 Å². The summed E-state index contributed by atoms with van der Waals surface area (Å²) in [4.78, 5) is 40.1. The average molecular weight is 376 g/mol. The number of methoxy groups -OCH3 is 1. The molecule has 146 valence electrons. The van der Waals surface area contributed by atoms with E-state index in [2.05, 4.69) is 0 Å². The summed E-state index contributed by atoms with van der Waals surface area (Å²) in [5, 5.41) is 0. The van der Waals surface area contributed by atoms with E-state index in [9.17, 15) is 18.8 Å². The predicted octanol–water partition coefficient (Wildman–Crippen LogP) is 1.63. The van der Waals surface area contributed by atoms with Gasteiger partial charge in [-0.25, -0.2) is 4.39 Å². The Balaban J connectivity index is 1.49. The fraction of sp³-hybridized carbons (Fsp3) is 0.550. The number of benzene rings is 1. The van der Waals surface area contributed by atoms with Crippen LogP contribution in [0.4, 0.5) is 4.39 Å². The Morgan fingerprint density at radius 3 is 2.44 bits per heavy atom. The first-order valence-electron chi connectivity index (χ1n) is 9.36. The van der Waals surface area contributed by atoms with Gasteiger partial charge in [-0.2, -0.15) is 0 Å². The number of amides is 2. The van der Waals surface area contributed by atoms with Crippen molar-refractivity contribution in [2.24, 2.45) is 11.8 Å². The van der Waals surface area contributed by atoms with Crippen molar-refractivity contribution in [3.8, 4) is 0 Å². The fourth-order valence-electron chi connectivity index (χ4n) is 3.83. The first-order chi connectivity index (χ1) is 13.0. The van der Waals surface area contributed by atoms with Crippen molar-refractivity contribution < 1.29 is 23.5 Å². The zero-order valence-electron chi connectivity index (χ0n) is 15.5. The summed E-state index contributed by atoms with van der Waals surface area (Å²) in [6.07, 6.45) is 2.08. The number of hydrogen-bond acceptors (Lipinski definition) is 4. The summed E-state index contributed by atoms with van der Waals surface area (Å²) in [6.45, 7) is 2.01. The molecule has 0 saturated carbocycles. The monoisotopic (exact) mass is 376 g/mol. The van der Waals surface area contributed by atoms with Gasteiger partial charge in [0.25, 0.3) is 0 Å². The van der Waals surface area contributed by atoms with Gasteiger partial charge in [0, 0.05) is 32.6 Å². The lowest BCUT2D eigenvalue weighted by Gasteiger charge is -2.32. The number of halogens is 1. The molecule has 1 atom stereocenters. The Bertz CT molecular complexity index is 698. The smallest absolute Gasteiger partial charge is 0.308 e. The highest BCUT2D eigenvalue weighted by molar-refractivity contribution is 5.89. The number of carbonyl (C=O) groups is 3. The molecule has 27 heavy (non-hydrogen) atoms. The molecule has 2 aliphatic heterocycles. The van der Waals surface area contributed by atoms with Crippen molar-refractivity contribution in [1.82, 2.24) is 9.80 Å². The molecule has 3 rings (SSSR count). The van der Waals surface area contributed by atoms with Gasteiger partial charge in [0.2, 0.25) is 11.8 Å². The zero-order chi connectivity index (χ0) is 19.4. The van der Waals surface area contributed by atoms with E-state index in [-0.39, 0.29) is 41.9 Å². The van der Waals surface area contributed by atoms with Crippen LogP contribution in [0.15, 0.2) is 24.3 Å². The number of nitrogens with zero attached hydrogens (tertiary/aromatic N) is 2. The van der Waals surface area contributed by atoms with Crippen LogP contribution in [0, 0.1) is 17.7 Å². The minimum absolute atomic E-state index is 0.00375. The molecule has 0 spiro atoms. The van der Waals surface area contributed by atoms with Gasteiger partial charge in [-0.05, 0) is 37.0 Å². The lowest BCUT2D eigenvalue weighted by molar-refractivity contribution is -0.149. The molecule has 2 amide bonds. The molecule has 0 unspecified atom stereocenters. The maximum atomic E-state index is 13.0. The van der Waals surface area contributed by atoms with Gasteiger partial charge in [-0.3, -0.25) is 14.4 Å². The largest absolute Gasteiger partial charge is 0.469 e. The third-order valence-electron chi connectivity index (χ3n) is 5.49. The Hall–Kier alpha value is -2.44. The molecule has 7 heteroatoms. The summed E-state index contributed by atoms with van der Waals surface area (Å²) in [5.41, 5.74) is 0.962. The SMILES string of the molecule is COC(=O)C1CCN(C(=O)[C@@H]2CC(=O)N(CCc3ccc(F)cc3)C2)CC1. The topological polar surface area (TPSA) is 66.9 Å². The minimum Gasteiger partial charge on any atom is -0.469 e. The van der Waals surface area contributed by atoms with Gasteiger partial charge in [-0.15, -0.1) is 0 Å². The number of hydrogen-bond donors (Lipinski definition) is 0. The second kappa shape index (κ2) is 8.50. The molecule has 0 N–H and O–H groups in total. The normalized spacial score (nSPS) is 20.8. The molecule has 6 nitrogen and oxygen atoms in total. The highest BCUT2D eigenvalue weighted by Gasteiger charge is 2.38. The van der Waals surface area contributed by atoms with Crippen LogP contribution in [-0.4, -0.2) is 60.9 Å². The summed E-state index contributed by atoms with van der Waals surface area (Å²) < 4.78 is 17.7. The minimum atomic E-state index is -0.319. The second-order valence-corrected chi connectivity index (χ2v) is 7.24. The lowest BCUT2D eigenvalue weighted by Crippen LogP contribution is -2.44. The van der Waals surface area contributed by atoms with E-state index in [0.717, 1.165) is 5.56 Å². The molecule has 0 aliphatic carbocycles. The van der Waals surface area contributed by atoms with Crippen molar-refractivity contribution in [2.75, 3.05) is 33.3 Å². The number of carbonyl (C=O) groups excluding carboxylic acids is 3. The molecule has 0 aromatic heterocycles. The third kappa shape index (κ3) is 4.64. The number of piperidine rings is 1. The van der Waals surface area contributed by atoms with Gasteiger partial charge >= 0.3 is 5.97 Å². The van der Waals surface area contributed by atoms with Gasteiger partial charge in [0.05, 0.1) is 18.9 Å². The molecule has 2 fully saturated rings. The molecular weight excluding hydrogens is 351 g/mol. The summed E-state index contributed by atoms with van der Waals surface area (Å²) >= 11 is 0. The van der Waals surface area contributed by atoms with E-state index < -0.39 is 0 Å². The van der Waals surface area contributed by atoms with Crippen LogP contribution in [0.5, 0.6) is 0 Å². The number of ether oxygens (including phenoxy) is 1. The number of likely N-dealkylation sites (tertiary alicyclic amines) is 2. The Morgan fingerprint density at radius 2 is 1.81 bits per heavy atom. The van der Waals surface area contributed by atoms with E-state index in [1.165, 1.54) is 19.2 Å². The van der Waals surface area contributed by atoms with Crippen molar-refractivity contribution >= 4 is 17.8 Å². The molecule has 0 radical (unpaired) electrons. The van der Waals surface area contributed by atoms with Crippen LogP contribution >= 0.6 is 0 Å². The van der Waals surface area contributed by atoms with Crippen LogP contribution in [0.3, 0.4) is 0 Å². The number of esters is 1. The standard InChI is InChI=1S/C20H25FN2O4/c1-27-20(26)15-7-10-22(11-8-15)19(25)16-12-18(24)23(13-16)9-6-14-2-4-17(21)5-3-14/h2-5,15-16H,6-13H2,1H3/t16-/m1/s1. The quantitative estimate of drug-likeness (QED) is 0.733. The van der Waals surface area contributed by atoms with E-state index in [4.69, 9.17) is 4.74 Å². The second-order valence-electron chi connectivity index (χ2n) is 7.24. The third-order valence-corrected chi connectivity index (χ3v) is 5.49. The molecule has 2 aliphatic rings. The maximum Gasteiger partial charge on any atom is 0.308 e. The fourth-order valence-corrected chi connectivity index (χ4v) is 3.83. The van der Waals surface area contributed by atoms with E-state index in [1.807, 2.05) is 0 Å². The van der Waals surface area contributed by atoms with Crippen LogP contribution < -0.4 is 0 Å². The van der Waals surface area contributed by atoms with Crippen molar-refractivity contribution in [2.45, 2.75) is 25.7 Å². The molecule has 2 heterocycles. The van der Waals surface area contributed by atoms with Crippen molar-refractivity contribution in [3.05, 3.63) is 35.6 Å². The van der Waals surface area contributed by atoms with Crippen LogP contribution in [0.2, 0.25) is 0 Å². The summed E-state index contributed by atoms with van der Waals surface area (Å²) in [7, 11) is 1.38. The molecule has 1 aromatic rings. The zero-order valence-corrected chi connectivity index (χ0v) is 15.5. The van der Waals surface area contributed by atoms with Crippen LogP contribution in [0.25, 0.3) is 0 Å². The van der Waals surface area contributed by atoms with E-state index in [1.54, 1.807) is 21.9 Å². The predicted molar refractivity (Wildman–Crippen MR) is 96.1 cm³/mol. The Kier molecular flexibility index (Phi) is 6.08. The Labute approximate surface area is 158 Å². The molecule has 1 aromatic carbocycles. The van der Waals surface area contributed by atoms with Crippen molar-refractivity contribution in [3.63, 3.8) is 0 Å². The maximum absolute atomic E-state index is 13.0. The van der Waals surface area contributed by atoms with E-state index in [0.29, 0.717) is 45.4 Å². The van der Waals surface area contributed by atoms with Gasteiger partial charge in [0.15, 0.2) is 0 Å². The highest BCUT2D eigenvalue weighted by atomic mass is 19.1. The van der Waals surface area contributed by atoms with Gasteiger partial charge in [-0.1, -0.05) is 12.1 Å². The van der Waals surface area contributed by atoms with Crippen molar-refractivity contribution in [1.29, 1.82) is 0 Å². The summed E-state index contributed by atoms with van der Waals surface area (Å²) in [6, 6.07) is 6.24. The Morgan fingerprint density at radius 1 is 1.15 bits per heavy atom.